The number of rotatable bonds is 6. The number of alkyl halides is 1. The minimum Gasteiger partial charge on any atom is -0.388 e. The molecule has 9 heteroatoms. The number of aromatic nitrogens is 2. The summed E-state index contributed by atoms with van der Waals surface area (Å²) in [5, 5.41) is 20.1. The monoisotopic (exact) mass is 459 g/mol. The lowest BCUT2D eigenvalue weighted by atomic mass is 9.85. The number of likely N-dealkylation sites (N-methyl/N-ethyl adjacent to an activating group) is 1. The molecule has 1 aromatic heterocycles. The Hall–Kier alpha value is -2.78. The van der Waals surface area contributed by atoms with Crippen molar-refractivity contribution in [2.45, 2.75) is 58.1 Å². The highest BCUT2D eigenvalue weighted by Crippen LogP contribution is 2.28. The molecule has 1 fully saturated rings. The van der Waals surface area contributed by atoms with E-state index < -0.39 is 47.6 Å². The molecule has 0 saturated carbocycles. The zero-order chi connectivity index (χ0) is 24.5. The first-order chi connectivity index (χ1) is 15.5. The summed E-state index contributed by atoms with van der Waals surface area (Å²) in [6.07, 6.45) is -1.54. The highest BCUT2D eigenvalue weighted by molar-refractivity contribution is 5.91. The lowest BCUT2D eigenvalue weighted by molar-refractivity contribution is -0.143. The number of hydrogen-bond acceptors (Lipinski definition) is 5. The van der Waals surface area contributed by atoms with Crippen LogP contribution in [0.25, 0.3) is 11.3 Å². The van der Waals surface area contributed by atoms with Crippen molar-refractivity contribution in [1.29, 1.82) is 0 Å². The van der Waals surface area contributed by atoms with Crippen molar-refractivity contribution in [1.82, 2.24) is 25.3 Å². The highest BCUT2D eigenvalue weighted by Gasteiger charge is 2.50. The standard InChI is InChI=1S/C24H34FN5O3/c1-14(15-7-9-16(10-8-15)17-11-12-27-29(17)6)28-22(32)20-19(25)18(31)13-30(20)23(33)21(26-5)24(2,3)4/h7-12,14,18-21,26,31H,13H2,1-6H3,(H,28,32)/t14?,18-,19?,20-,21?/m0/s1. The molecule has 1 saturated heterocycles. The maximum absolute atomic E-state index is 14.9. The van der Waals surface area contributed by atoms with E-state index in [0.29, 0.717) is 0 Å². The van der Waals surface area contributed by atoms with Crippen molar-refractivity contribution >= 4 is 11.8 Å². The molecular weight excluding hydrogens is 425 g/mol. The average Bonchev–Trinajstić information content (AvgIpc) is 3.30. The summed E-state index contributed by atoms with van der Waals surface area (Å²) in [5.41, 5.74) is 2.33. The average molecular weight is 460 g/mol. The van der Waals surface area contributed by atoms with E-state index in [4.69, 9.17) is 0 Å². The summed E-state index contributed by atoms with van der Waals surface area (Å²) in [7, 11) is 3.51. The Kier molecular flexibility index (Phi) is 7.23. The van der Waals surface area contributed by atoms with Gasteiger partial charge in [-0.05, 0) is 36.6 Å². The van der Waals surface area contributed by atoms with Gasteiger partial charge in [-0.1, -0.05) is 45.0 Å². The van der Waals surface area contributed by atoms with Gasteiger partial charge in [0.1, 0.15) is 12.1 Å². The minimum absolute atomic E-state index is 0.222. The Balaban J connectivity index is 1.75. The number of aryl methyl sites for hydroxylation is 1. The summed E-state index contributed by atoms with van der Waals surface area (Å²) in [6.45, 7) is 7.24. The molecule has 0 aliphatic carbocycles. The van der Waals surface area contributed by atoms with Gasteiger partial charge >= 0.3 is 0 Å². The molecule has 0 bridgehead atoms. The Labute approximate surface area is 194 Å². The number of aliphatic hydroxyl groups is 1. The fraction of sp³-hybridized carbons (Fsp3) is 0.542. The molecular formula is C24H34FN5O3. The Morgan fingerprint density at radius 2 is 1.85 bits per heavy atom. The molecule has 2 amide bonds. The molecule has 0 spiro atoms. The summed E-state index contributed by atoms with van der Waals surface area (Å²) in [6, 6.07) is 7.14. The van der Waals surface area contributed by atoms with E-state index in [1.807, 2.05) is 58.2 Å². The van der Waals surface area contributed by atoms with E-state index in [2.05, 4.69) is 15.7 Å². The molecule has 3 unspecified atom stereocenters. The SMILES string of the molecule is CNC(C(=O)N1C[C@H](O)C(F)[C@H]1C(=O)NC(C)c1ccc(-c2ccnn2C)cc1)C(C)(C)C. The predicted molar refractivity (Wildman–Crippen MR) is 124 cm³/mol. The van der Waals surface area contributed by atoms with E-state index in [9.17, 15) is 19.1 Å². The van der Waals surface area contributed by atoms with Gasteiger partial charge in [-0.15, -0.1) is 0 Å². The van der Waals surface area contributed by atoms with Crippen molar-refractivity contribution in [3.63, 3.8) is 0 Å². The molecule has 3 N–H and O–H groups in total. The normalized spacial score (nSPS) is 22.8. The third-order valence-corrected chi connectivity index (χ3v) is 6.23. The maximum atomic E-state index is 14.9. The van der Waals surface area contributed by atoms with Crippen LogP contribution in [0.1, 0.15) is 39.3 Å². The molecule has 1 aliphatic rings. The quantitative estimate of drug-likeness (QED) is 0.612. The van der Waals surface area contributed by atoms with Gasteiger partial charge in [0, 0.05) is 13.2 Å². The lowest BCUT2D eigenvalue weighted by Gasteiger charge is -2.35. The number of nitrogens with one attached hydrogen (secondary N) is 2. The molecule has 5 atom stereocenters. The second-order valence-corrected chi connectivity index (χ2v) is 9.73. The highest BCUT2D eigenvalue weighted by atomic mass is 19.1. The summed E-state index contributed by atoms with van der Waals surface area (Å²) in [5.74, 6) is -1.03. The van der Waals surface area contributed by atoms with Crippen molar-refractivity contribution in [3.8, 4) is 11.3 Å². The first-order valence-corrected chi connectivity index (χ1v) is 11.1. The number of hydrogen-bond donors (Lipinski definition) is 3. The number of amides is 2. The molecule has 3 rings (SSSR count). The zero-order valence-electron chi connectivity index (χ0n) is 20.0. The van der Waals surface area contributed by atoms with Crippen LogP contribution in [0.5, 0.6) is 0 Å². The van der Waals surface area contributed by atoms with Crippen LogP contribution in [0.4, 0.5) is 4.39 Å². The van der Waals surface area contributed by atoms with Crippen LogP contribution in [-0.2, 0) is 16.6 Å². The fourth-order valence-corrected chi connectivity index (χ4v) is 4.39. The van der Waals surface area contributed by atoms with Gasteiger partial charge in [0.15, 0.2) is 6.17 Å². The number of nitrogens with zero attached hydrogens (tertiary/aromatic N) is 3. The van der Waals surface area contributed by atoms with E-state index in [-0.39, 0.29) is 6.54 Å². The largest absolute Gasteiger partial charge is 0.388 e. The number of carbonyl (C=O) groups excluding carboxylic acids is 2. The third-order valence-electron chi connectivity index (χ3n) is 6.23. The van der Waals surface area contributed by atoms with Crippen LogP contribution in [-0.4, -0.2) is 69.6 Å². The number of β-amino-alcohol motifs (C(OH)–C–C–N with tert-alkyl or cyclic N) is 1. The van der Waals surface area contributed by atoms with Crippen LogP contribution >= 0.6 is 0 Å². The summed E-state index contributed by atoms with van der Waals surface area (Å²) >= 11 is 0. The van der Waals surface area contributed by atoms with E-state index >= 15 is 0 Å². The third kappa shape index (κ3) is 5.09. The van der Waals surface area contributed by atoms with Gasteiger partial charge in [-0.3, -0.25) is 14.3 Å². The van der Waals surface area contributed by atoms with E-state index in [1.54, 1.807) is 24.9 Å². The zero-order valence-corrected chi connectivity index (χ0v) is 20.0. The maximum Gasteiger partial charge on any atom is 0.246 e. The molecule has 0 radical (unpaired) electrons. The molecule has 1 aliphatic heterocycles. The summed E-state index contributed by atoms with van der Waals surface area (Å²) in [4.78, 5) is 27.4. The van der Waals surface area contributed by atoms with Crippen molar-refractivity contribution < 1.29 is 19.1 Å². The van der Waals surface area contributed by atoms with Crippen molar-refractivity contribution in [3.05, 3.63) is 42.1 Å². The van der Waals surface area contributed by atoms with Gasteiger partial charge in [-0.2, -0.15) is 5.10 Å². The topological polar surface area (TPSA) is 99.5 Å². The second kappa shape index (κ2) is 9.61. The smallest absolute Gasteiger partial charge is 0.246 e. The van der Waals surface area contributed by atoms with Crippen molar-refractivity contribution in [2.75, 3.05) is 13.6 Å². The Morgan fingerprint density at radius 1 is 1.21 bits per heavy atom. The molecule has 2 heterocycles. The number of benzene rings is 1. The van der Waals surface area contributed by atoms with Gasteiger partial charge in [-0.25, -0.2) is 4.39 Å². The first-order valence-electron chi connectivity index (χ1n) is 11.1. The van der Waals surface area contributed by atoms with Crippen LogP contribution in [0, 0.1) is 5.41 Å². The van der Waals surface area contributed by atoms with Crippen LogP contribution in [0.15, 0.2) is 36.5 Å². The Bertz CT molecular complexity index is 985. The molecule has 2 aromatic rings. The van der Waals surface area contributed by atoms with E-state index in [1.165, 1.54) is 0 Å². The van der Waals surface area contributed by atoms with Gasteiger partial charge < -0.3 is 20.6 Å². The van der Waals surface area contributed by atoms with Crippen LogP contribution in [0.3, 0.4) is 0 Å². The minimum atomic E-state index is -1.86. The van der Waals surface area contributed by atoms with E-state index in [0.717, 1.165) is 21.7 Å². The number of likely N-dealkylation sites (tertiary alicyclic amines) is 1. The van der Waals surface area contributed by atoms with Crippen LogP contribution < -0.4 is 10.6 Å². The molecule has 180 valence electrons. The van der Waals surface area contributed by atoms with Gasteiger partial charge in [0.05, 0.1) is 24.3 Å². The number of halogens is 1. The van der Waals surface area contributed by atoms with Gasteiger partial charge in [0.2, 0.25) is 11.8 Å². The number of aliphatic hydroxyl groups excluding tert-OH is 1. The molecule has 1 aromatic carbocycles. The molecule has 8 nitrogen and oxygen atoms in total. The Morgan fingerprint density at radius 3 is 2.36 bits per heavy atom. The molecule has 33 heavy (non-hydrogen) atoms. The second-order valence-electron chi connectivity index (χ2n) is 9.73. The first kappa shape index (κ1) is 24.9. The van der Waals surface area contributed by atoms with Crippen LogP contribution in [0.2, 0.25) is 0 Å². The predicted octanol–water partition coefficient (Wildman–Crippen LogP) is 1.81. The van der Waals surface area contributed by atoms with Gasteiger partial charge in [0.25, 0.3) is 0 Å². The number of carbonyl (C=O) groups is 2. The fourth-order valence-electron chi connectivity index (χ4n) is 4.39. The van der Waals surface area contributed by atoms with Crippen molar-refractivity contribution in [2.24, 2.45) is 12.5 Å². The lowest BCUT2D eigenvalue weighted by Crippen LogP contribution is -2.57. The summed E-state index contributed by atoms with van der Waals surface area (Å²) < 4.78 is 16.6.